The van der Waals surface area contributed by atoms with Gasteiger partial charge in [-0.15, -0.1) is 0 Å². The maximum absolute atomic E-state index is 12.5. The number of piperazine rings is 1. The Kier molecular flexibility index (Phi) is 4.69. The summed E-state index contributed by atoms with van der Waals surface area (Å²) in [6.07, 6.45) is 0. The van der Waals surface area contributed by atoms with E-state index in [1.165, 1.54) is 5.69 Å². The van der Waals surface area contributed by atoms with Gasteiger partial charge in [-0.1, -0.05) is 27.5 Å². The van der Waals surface area contributed by atoms with Gasteiger partial charge in [-0.2, -0.15) is 0 Å². The Morgan fingerprint density at radius 2 is 1.50 bits per heavy atom. The van der Waals surface area contributed by atoms with Crippen LogP contribution in [0.5, 0.6) is 0 Å². The topological polar surface area (TPSA) is 23.6 Å². The number of nitrogens with zero attached hydrogens (tertiary/aromatic N) is 2. The third-order valence-corrected chi connectivity index (χ3v) is 4.63. The molecule has 0 radical (unpaired) electrons. The van der Waals surface area contributed by atoms with Crippen LogP contribution in [0.15, 0.2) is 53.0 Å². The standard InChI is InChI=1S/C17H16BrClN2O/c18-14-3-7-16(8-4-14)20-9-11-21(12-10-20)17(22)13-1-5-15(19)6-2-13/h1-8H,9-12H2. The van der Waals surface area contributed by atoms with E-state index in [2.05, 4.69) is 33.0 Å². The Labute approximate surface area is 143 Å². The number of halogens is 2. The van der Waals surface area contributed by atoms with Crippen LogP contribution >= 0.6 is 27.5 Å². The van der Waals surface area contributed by atoms with Crippen LogP contribution in [0.4, 0.5) is 5.69 Å². The summed E-state index contributed by atoms with van der Waals surface area (Å²) in [6, 6.07) is 15.4. The second-order valence-corrected chi connectivity index (χ2v) is 6.61. The molecule has 2 aromatic carbocycles. The number of hydrogen-bond acceptors (Lipinski definition) is 2. The van der Waals surface area contributed by atoms with Crippen molar-refractivity contribution >= 4 is 39.1 Å². The van der Waals surface area contributed by atoms with E-state index >= 15 is 0 Å². The molecule has 1 aliphatic rings. The first-order valence-corrected chi connectivity index (χ1v) is 8.36. The summed E-state index contributed by atoms with van der Waals surface area (Å²) < 4.78 is 1.08. The molecule has 2 aromatic rings. The second-order valence-electron chi connectivity index (χ2n) is 5.26. The van der Waals surface area contributed by atoms with Crippen molar-refractivity contribution in [3.05, 3.63) is 63.6 Å². The highest BCUT2D eigenvalue weighted by molar-refractivity contribution is 9.10. The lowest BCUT2D eigenvalue weighted by molar-refractivity contribution is 0.0747. The predicted octanol–water partition coefficient (Wildman–Crippen LogP) is 4.06. The molecule has 0 aromatic heterocycles. The average Bonchev–Trinajstić information content (AvgIpc) is 2.56. The van der Waals surface area contributed by atoms with Crippen LogP contribution in [-0.2, 0) is 0 Å². The molecule has 0 atom stereocenters. The molecule has 0 aliphatic carbocycles. The Bertz CT molecular complexity index is 649. The zero-order chi connectivity index (χ0) is 15.5. The third kappa shape index (κ3) is 3.45. The number of carbonyl (C=O) groups excluding carboxylic acids is 1. The molecule has 0 N–H and O–H groups in total. The molecule has 114 valence electrons. The van der Waals surface area contributed by atoms with Gasteiger partial charge < -0.3 is 9.80 Å². The molecule has 1 aliphatic heterocycles. The molecular formula is C17H16BrClN2O. The van der Waals surface area contributed by atoms with Crippen molar-refractivity contribution in [3.63, 3.8) is 0 Å². The molecule has 22 heavy (non-hydrogen) atoms. The minimum atomic E-state index is 0.0760. The van der Waals surface area contributed by atoms with Gasteiger partial charge in [0.05, 0.1) is 0 Å². The van der Waals surface area contributed by atoms with E-state index in [4.69, 9.17) is 11.6 Å². The van der Waals surface area contributed by atoms with Gasteiger partial charge in [-0.25, -0.2) is 0 Å². The minimum absolute atomic E-state index is 0.0760. The summed E-state index contributed by atoms with van der Waals surface area (Å²) in [5.74, 6) is 0.0760. The lowest BCUT2D eigenvalue weighted by Crippen LogP contribution is -2.48. The SMILES string of the molecule is O=C(c1ccc(Cl)cc1)N1CCN(c2ccc(Br)cc2)CC1. The highest BCUT2D eigenvalue weighted by Crippen LogP contribution is 2.20. The Balaban J connectivity index is 1.62. The van der Waals surface area contributed by atoms with E-state index < -0.39 is 0 Å². The van der Waals surface area contributed by atoms with Crippen LogP contribution in [0.3, 0.4) is 0 Å². The molecule has 3 nitrogen and oxygen atoms in total. The van der Waals surface area contributed by atoms with Crippen molar-refractivity contribution in [2.45, 2.75) is 0 Å². The van der Waals surface area contributed by atoms with Gasteiger partial charge in [0.15, 0.2) is 0 Å². The van der Waals surface area contributed by atoms with E-state index in [9.17, 15) is 4.79 Å². The molecule has 5 heteroatoms. The quantitative estimate of drug-likeness (QED) is 0.785. The minimum Gasteiger partial charge on any atom is -0.368 e. The molecule has 0 saturated carbocycles. The van der Waals surface area contributed by atoms with Gasteiger partial charge in [0.2, 0.25) is 0 Å². The van der Waals surface area contributed by atoms with Crippen molar-refractivity contribution in [2.75, 3.05) is 31.1 Å². The fraction of sp³-hybridized carbons (Fsp3) is 0.235. The largest absolute Gasteiger partial charge is 0.368 e. The van der Waals surface area contributed by atoms with E-state index in [1.54, 1.807) is 24.3 Å². The Hall–Kier alpha value is -1.52. The van der Waals surface area contributed by atoms with Crippen molar-refractivity contribution in [3.8, 4) is 0 Å². The highest BCUT2D eigenvalue weighted by Gasteiger charge is 2.22. The van der Waals surface area contributed by atoms with Crippen molar-refractivity contribution in [1.82, 2.24) is 4.90 Å². The molecule has 0 bridgehead atoms. The smallest absolute Gasteiger partial charge is 0.253 e. The van der Waals surface area contributed by atoms with Gasteiger partial charge in [0.1, 0.15) is 0 Å². The van der Waals surface area contributed by atoms with E-state index in [-0.39, 0.29) is 5.91 Å². The highest BCUT2D eigenvalue weighted by atomic mass is 79.9. The lowest BCUT2D eigenvalue weighted by Gasteiger charge is -2.36. The summed E-state index contributed by atoms with van der Waals surface area (Å²) in [5, 5.41) is 0.650. The monoisotopic (exact) mass is 378 g/mol. The number of carbonyl (C=O) groups is 1. The van der Waals surface area contributed by atoms with Crippen molar-refractivity contribution in [2.24, 2.45) is 0 Å². The van der Waals surface area contributed by atoms with Crippen LogP contribution in [0, 0.1) is 0 Å². The number of benzene rings is 2. The normalized spacial score (nSPS) is 15.0. The van der Waals surface area contributed by atoms with Crippen molar-refractivity contribution in [1.29, 1.82) is 0 Å². The van der Waals surface area contributed by atoms with Gasteiger partial charge in [0.25, 0.3) is 5.91 Å². The predicted molar refractivity (Wildman–Crippen MR) is 93.7 cm³/mol. The van der Waals surface area contributed by atoms with Gasteiger partial charge in [-0.3, -0.25) is 4.79 Å². The second kappa shape index (κ2) is 6.71. The van der Waals surface area contributed by atoms with Crippen molar-refractivity contribution < 1.29 is 4.79 Å². The summed E-state index contributed by atoms with van der Waals surface area (Å²) in [7, 11) is 0. The fourth-order valence-corrected chi connectivity index (χ4v) is 2.99. The molecule has 1 heterocycles. The Morgan fingerprint density at radius 1 is 0.909 bits per heavy atom. The zero-order valence-electron chi connectivity index (χ0n) is 12.0. The number of rotatable bonds is 2. The lowest BCUT2D eigenvalue weighted by atomic mass is 10.1. The Morgan fingerprint density at radius 3 is 2.09 bits per heavy atom. The van der Waals surface area contributed by atoms with Gasteiger partial charge in [0, 0.05) is 46.9 Å². The summed E-state index contributed by atoms with van der Waals surface area (Å²) in [5.41, 5.74) is 1.89. The molecule has 3 rings (SSSR count). The van der Waals surface area contributed by atoms with Crippen LogP contribution in [-0.4, -0.2) is 37.0 Å². The maximum Gasteiger partial charge on any atom is 0.253 e. The molecule has 0 spiro atoms. The summed E-state index contributed by atoms with van der Waals surface area (Å²) >= 11 is 9.31. The molecular weight excluding hydrogens is 364 g/mol. The zero-order valence-corrected chi connectivity index (χ0v) is 14.3. The molecule has 1 fully saturated rings. The van der Waals surface area contributed by atoms with Gasteiger partial charge >= 0.3 is 0 Å². The van der Waals surface area contributed by atoms with Crippen LogP contribution < -0.4 is 4.90 Å². The molecule has 0 unspecified atom stereocenters. The van der Waals surface area contributed by atoms with Gasteiger partial charge in [-0.05, 0) is 48.5 Å². The number of anilines is 1. The van der Waals surface area contributed by atoms with Crippen LogP contribution in [0.2, 0.25) is 5.02 Å². The van der Waals surface area contributed by atoms with Crippen LogP contribution in [0.25, 0.3) is 0 Å². The molecule has 1 saturated heterocycles. The molecule has 1 amide bonds. The average molecular weight is 380 g/mol. The van der Waals surface area contributed by atoms with E-state index in [0.29, 0.717) is 10.6 Å². The fourth-order valence-electron chi connectivity index (χ4n) is 2.59. The maximum atomic E-state index is 12.5. The first kappa shape index (κ1) is 15.4. The third-order valence-electron chi connectivity index (χ3n) is 3.85. The van der Waals surface area contributed by atoms with E-state index in [1.807, 2.05) is 17.0 Å². The first-order chi connectivity index (χ1) is 10.6. The van der Waals surface area contributed by atoms with Crippen LogP contribution in [0.1, 0.15) is 10.4 Å². The number of amides is 1. The van der Waals surface area contributed by atoms with E-state index in [0.717, 1.165) is 30.7 Å². The summed E-state index contributed by atoms with van der Waals surface area (Å²) in [4.78, 5) is 16.7. The number of hydrogen-bond donors (Lipinski definition) is 0. The summed E-state index contributed by atoms with van der Waals surface area (Å²) in [6.45, 7) is 3.16. The first-order valence-electron chi connectivity index (χ1n) is 7.19.